The van der Waals surface area contributed by atoms with Gasteiger partial charge in [-0.2, -0.15) is 5.26 Å². The van der Waals surface area contributed by atoms with Crippen molar-refractivity contribution in [2.45, 2.75) is 0 Å². The monoisotopic (exact) mass is 216 g/mol. The van der Waals surface area contributed by atoms with Crippen molar-refractivity contribution < 1.29 is 0 Å². The zero-order valence-electron chi connectivity index (χ0n) is 4.81. The fourth-order valence-electron chi connectivity index (χ4n) is 0.518. The van der Waals surface area contributed by atoms with Crippen molar-refractivity contribution in [3.8, 4) is 6.07 Å². The highest BCUT2D eigenvalue weighted by molar-refractivity contribution is 9.10. The Morgan fingerprint density at radius 1 is 1.60 bits per heavy atom. The van der Waals surface area contributed by atoms with Gasteiger partial charge in [-0.15, -0.1) is 0 Å². The zero-order chi connectivity index (χ0) is 7.56. The Kier molecular flexibility index (Phi) is 2.25. The molecule has 1 aromatic rings. The van der Waals surface area contributed by atoms with Crippen molar-refractivity contribution in [1.82, 2.24) is 4.98 Å². The van der Waals surface area contributed by atoms with E-state index in [2.05, 4.69) is 20.9 Å². The van der Waals surface area contributed by atoms with Gasteiger partial charge >= 0.3 is 0 Å². The fourth-order valence-corrected chi connectivity index (χ4v) is 1.25. The lowest BCUT2D eigenvalue weighted by Crippen LogP contribution is -1.80. The van der Waals surface area contributed by atoms with E-state index in [0.717, 1.165) is 0 Å². The van der Waals surface area contributed by atoms with Crippen LogP contribution in [0.2, 0.25) is 5.02 Å². The van der Waals surface area contributed by atoms with Crippen LogP contribution in [0.15, 0.2) is 16.9 Å². The van der Waals surface area contributed by atoms with Crippen LogP contribution in [0.3, 0.4) is 0 Å². The van der Waals surface area contributed by atoms with Gasteiger partial charge in [0, 0.05) is 12.4 Å². The molecule has 10 heavy (non-hydrogen) atoms. The summed E-state index contributed by atoms with van der Waals surface area (Å²) in [6.45, 7) is 0. The minimum atomic E-state index is 0.372. The molecule has 0 aromatic carbocycles. The first-order valence-electron chi connectivity index (χ1n) is 2.45. The number of halogens is 2. The Morgan fingerprint density at radius 3 is 2.70 bits per heavy atom. The van der Waals surface area contributed by atoms with Crippen molar-refractivity contribution in [1.29, 1.82) is 5.26 Å². The maximum atomic E-state index is 8.51. The molecule has 0 radical (unpaired) electrons. The first kappa shape index (κ1) is 7.52. The Balaban J connectivity index is 3.34. The third-order valence-corrected chi connectivity index (χ3v) is 1.85. The summed E-state index contributed by atoms with van der Waals surface area (Å²) in [6, 6.07) is 1.94. The molecule has 0 N–H and O–H groups in total. The van der Waals surface area contributed by atoms with E-state index >= 15 is 0 Å². The van der Waals surface area contributed by atoms with E-state index in [4.69, 9.17) is 16.9 Å². The Labute approximate surface area is 71.6 Å². The van der Waals surface area contributed by atoms with Crippen molar-refractivity contribution in [3.63, 3.8) is 0 Å². The van der Waals surface area contributed by atoms with Crippen LogP contribution in [0, 0.1) is 11.3 Å². The number of rotatable bonds is 0. The van der Waals surface area contributed by atoms with Crippen LogP contribution in [0.25, 0.3) is 0 Å². The molecule has 0 atom stereocenters. The zero-order valence-corrected chi connectivity index (χ0v) is 7.15. The predicted octanol–water partition coefficient (Wildman–Crippen LogP) is 2.37. The summed E-state index contributed by atoms with van der Waals surface area (Å²) in [6.07, 6.45) is 2.97. The molecule has 0 unspecified atom stereocenters. The topological polar surface area (TPSA) is 36.7 Å². The second kappa shape index (κ2) is 3.00. The van der Waals surface area contributed by atoms with E-state index in [1.807, 2.05) is 6.07 Å². The van der Waals surface area contributed by atoms with Gasteiger partial charge in [0.25, 0.3) is 0 Å². The van der Waals surface area contributed by atoms with E-state index < -0.39 is 0 Å². The average Bonchev–Trinajstić information content (AvgIpc) is 1.88. The van der Waals surface area contributed by atoms with Crippen LogP contribution in [0.5, 0.6) is 0 Å². The molecule has 0 aliphatic heterocycles. The molecule has 1 aromatic heterocycles. The first-order chi connectivity index (χ1) is 4.75. The van der Waals surface area contributed by atoms with Crippen LogP contribution in [0.1, 0.15) is 5.56 Å². The summed E-state index contributed by atoms with van der Waals surface area (Å²) in [4.78, 5) is 3.76. The maximum Gasteiger partial charge on any atom is 0.102 e. The molecular formula is C6H2BrClN2. The van der Waals surface area contributed by atoms with Crippen molar-refractivity contribution in [2.24, 2.45) is 0 Å². The number of nitrogens with zero attached hydrogens (tertiary/aromatic N) is 2. The van der Waals surface area contributed by atoms with Gasteiger partial charge in [-0.25, -0.2) is 0 Å². The predicted molar refractivity (Wildman–Crippen MR) is 41.7 cm³/mol. The SMILES string of the molecule is N#Cc1c(Cl)cncc1Br. The maximum absolute atomic E-state index is 8.51. The molecule has 0 saturated carbocycles. The number of nitriles is 1. The van der Waals surface area contributed by atoms with Crippen LogP contribution in [0.4, 0.5) is 0 Å². The second-order valence-electron chi connectivity index (χ2n) is 1.59. The lowest BCUT2D eigenvalue weighted by Gasteiger charge is -1.93. The van der Waals surface area contributed by atoms with Crippen molar-refractivity contribution >= 4 is 27.5 Å². The number of hydrogen-bond donors (Lipinski definition) is 0. The lowest BCUT2D eigenvalue weighted by molar-refractivity contribution is 1.29. The van der Waals surface area contributed by atoms with Gasteiger partial charge in [-0.1, -0.05) is 11.6 Å². The highest BCUT2D eigenvalue weighted by atomic mass is 79.9. The number of hydrogen-bond acceptors (Lipinski definition) is 2. The fraction of sp³-hybridized carbons (Fsp3) is 0. The van der Waals surface area contributed by atoms with Crippen LogP contribution < -0.4 is 0 Å². The molecule has 0 bridgehead atoms. The summed E-state index contributed by atoms with van der Waals surface area (Å²) in [7, 11) is 0. The molecule has 0 amide bonds. The highest BCUT2D eigenvalue weighted by Gasteiger charge is 2.02. The Morgan fingerprint density at radius 2 is 2.30 bits per heavy atom. The molecule has 0 fully saturated rings. The van der Waals surface area contributed by atoms with Gasteiger partial charge in [0.1, 0.15) is 6.07 Å². The molecule has 50 valence electrons. The quantitative estimate of drug-likeness (QED) is 0.669. The van der Waals surface area contributed by atoms with E-state index in [-0.39, 0.29) is 0 Å². The molecule has 4 heteroatoms. The molecule has 0 saturated heterocycles. The van der Waals surface area contributed by atoms with Gasteiger partial charge in [-0.05, 0) is 15.9 Å². The number of aromatic nitrogens is 1. The van der Waals surface area contributed by atoms with E-state index in [1.54, 1.807) is 0 Å². The van der Waals surface area contributed by atoms with Gasteiger partial charge in [-0.3, -0.25) is 4.98 Å². The van der Waals surface area contributed by atoms with Gasteiger partial charge in [0.2, 0.25) is 0 Å². The van der Waals surface area contributed by atoms with Crippen LogP contribution in [-0.2, 0) is 0 Å². The largest absolute Gasteiger partial charge is 0.262 e. The summed E-state index contributed by atoms with van der Waals surface area (Å²) in [5, 5.41) is 8.88. The van der Waals surface area contributed by atoms with Gasteiger partial charge in [0.15, 0.2) is 0 Å². The molecule has 2 nitrogen and oxygen atoms in total. The first-order valence-corrected chi connectivity index (χ1v) is 3.62. The van der Waals surface area contributed by atoms with E-state index in [9.17, 15) is 0 Å². The van der Waals surface area contributed by atoms with Crippen LogP contribution >= 0.6 is 27.5 Å². The minimum Gasteiger partial charge on any atom is -0.262 e. The second-order valence-corrected chi connectivity index (χ2v) is 2.85. The standard InChI is InChI=1S/C6H2BrClN2/c7-5-2-10-3-6(8)4(5)1-9/h2-3H. The molecular weight excluding hydrogens is 215 g/mol. The average molecular weight is 217 g/mol. The molecule has 0 spiro atoms. The van der Waals surface area contributed by atoms with Crippen molar-refractivity contribution in [3.05, 3.63) is 27.5 Å². The smallest absolute Gasteiger partial charge is 0.102 e. The summed E-state index contributed by atoms with van der Waals surface area (Å²) in [5.74, 6) is 0. The summed E-state index contributed by atoms with van der Waals surface area (Å²) >= 11 is 8.75. The highest BCUT2D eigenvalue weighted by Crippen LogP contribution is 2.21. The van der Waals surface area contributed by atoms with Crippen molar-refractivity contribution in [2.75, 3.05) is 0 Å². The Bertz CT molecular complexity index is 272. The molecule has 0 aliphatic carbocycles. The molecule has 0 aliphatic rings. The number of pyridine rings is 1. The Hall–Kier alpha value is -0.590. The van der Waals surface area contributed by atoms with Gasteiger partial charge in [0.05, 0.1) is 15.1 Å². The van der Waals surface area contributed by atoms with Gasteiger partial charge < -0.3 is 0 Å². The van der Waals surface area contributed by atoms with E-state index in [1.165, 1.54) is 12.4 Å². The third-order valence-electron chi connectivity index (χ3n) is 0.965. The lowest BCUT2D eigenvalue weighted by atomic mass is 10.3. The summed E-state index contributed by atoms with van der Waals surface area (Å²) < 4.78 is 0.627. The van der Waals surface area contributed by atoms with Crippen LogP contribution in [-0.4, -0.2) is 4.98 Å². The molecule has 1 rings (SSSR count). The molecule has 1 heterocycles. The summed E-state index contributed by atoms with van der Waals surface area (Å²) in [5.41, 5.74) is 0.427. The third kappa shape index (κ3) is 1.28. The minimum absolute atomic E-state index is 0.372. The normalized spacial score (nSPS) is 8.90. The van der Waals surface area contributed by atoms with E-state index in [0.29, 0.717) is 15.1 Å².